The number of aryl methyl sites for hydroxylation is 1. The number of nitrogens with one attached hydrogen (secondary N) is 1. The van der Waals surface area contributed by atoms with E-state index in [9.17, 15) is 14.7 Å². The minimum atomic E-state index is -0.828. The third-order valence-corrected chi connectivity index (χ3v) is 5.68. The zero-order valence-corrected chi connectivity index (χ0v) is 15.1. The van der Waals surface area contributed by atoms with Gasteiger partial charge >= 0.3 is 5.97 Å². The molecule has 1 aliphatic carbocycles. The highest BCUT2D eigenvalue weighted by atomic mass is 32.1. The van der Waals surface area contributed by atoms with E-state index >= 15 is 0 Å². The molecule has 0 aliphatic heterocycles. The lowest BCUT2D eigenvalue weighted by atomic mass is 9.74. The summed E-state index contributed by atoms with van der Waals surface area (Å²) in [5.41, 5.74) is 2.19. The molecule has 3 rings (SSSR count). The van der Waals surface area contributed by atoms with Gasteiger partial charge in [0, 0.05) is 17.5 Å². The van der Waals surface area contributed by atoms with Gasteiger partial charge in [0.15, 0.2) is 0 Å². The summed E-state index contributed by atoms with van der Waals surface area (Å²) < 4.78 is 0. The SMILES string of the molecule is Cc1nc(-c2ccsc2)ccc1C(=O)NCC1(C(=O)O)CCCCC1. The Bertz CT molecular complexity index is 765. The van der Waals surface area contributed by atoms with Crippen molar-refractivity contribution in [1.29, 1.82) is 0 Å². The van der Waals surface area contributed by atoms with Crippen LogP contribution in [-0.4, -0.2) is 28.5 Å². The van der Waals surface area contributed by atoms with E-state index < -0.39 is 11.4 Å². The maximum atomic E-state index is 12.5. The van der Waals surface area contributed by atoms with Crippen LogP contribution >= 0.6 is 11.3 Å². The number of pyridine rings is 1. The van der Waals surface area contributed by atoms with Gasteiger partial charge < -0.3 is 10.4 Å². The van der Waals surface area contributed by atoms with Crippen LogP contribution in [0, 0.1) is 12.3 Å². The molecule has 0 aromatic carbocycles. The number of thiophene rings is 1. The van der Waals surface area contributed by atoms with Gasteiger partial charge in [-0.1, -0.05) is 19.3 Å². The summed E-state index contributed by atoms with van der Waals surface area (Å²) in [5, 5.41) is 16.4. The lowest BCUT2D eigenvalue weighted by Crippen LogP contribution is -2.44. The molecule has 2 heterocycles. The van der Waals surface area contributed by atoms with Gasteiger partial charge in [-0.3, -0.25) is 14.6 Å². The molecule has 0 unspecified atom stereocenters. The average molecular weight is 358 g/mol. The van der Waals surface area contributed by atoms with Gasteiger partial charge in [-0.25, -0.2) is 0 Å². The fourth-order valence-electron chi connectivity index (χ4n) is 3.41. The van der Waals surface area contributed by atoms with Crippen molar-refractivity contribution in [2.75, 3.05) is 6.54 Å². The Hall–Kier alpha value is -2.21. The summed E-state index contributed by atoms with van der Waals surface area (Å²) in [6, 6.07) is 5.59. The second-order valence-electron chi connectivity index (χ2n) is 6.67. The Kier molecular flexibility index (Phi) is 5.18. The molecule has 6 heteroatoms. The lowest BCUT2D eigenvalue weighted by molar-refractivity contribution is -0.150. The van der Waals surface area contributed by atoms with Gasteiger partial charge in [-0.2, -0.15) is 11.3 Å². The van der Waals surface area contributed by atoms with Crippen molar-refractivity contribution in [2.24, 2.45) is 5.41 Å². The van der Waals surface area contributed by atoms with Crippen LogP contribution in [0.25, 0.3) is 11.3 Å². The Labute approximate surface area is 151 Å². The molecule has 0 bridgehead atoms. The van der Waals surface area contributed by atoms with Crippen molar-refractivity contribution in [3.63, 3.8) is 0 Å². The van der Waals surface area contributed by atoms with Gasteiger partial charge in [0.05, 0.1) is 22.4 Å². The van der Waals surface area contributed by atoms with Crippen LogP contribution in [0.1, 0.15) is 48.2 Å². The number of carboxylic acids is 1. The van der Waals surface area contributed by atoms with Gasteiger partial charge in [0.25, 0.3) is 5.91 Å². The average Bonchev–Trinajstić information content (AvgIpc) is 3.15. The quantitative estimate of drug-likeness (QED) is 0.850. The number of carboxylic acid groups (broad SMARTS) is 1. The number of nitrogens with zero attached hydrogens (tertiary/aromatic N) is 1. The van der Waals surface area contributed by atoms with E-state index in [1.807, 2.05) is 22.9 Å². The minimum absolute atomic E-state index is 0.174. The number of carbonyl (C=O) groups excluding carboxylic acids is 1. The minimum Gasteiger partial charge on any atom is -0.481 e. The summed E-state index contributed by atoms with van der Waals surface area (Å²) in [4.78, 5) is 28.7. The molecule has 0 saturated heterocycles. The molecule has 0 atom stereocenters. The first-order valence-electron chi connectivity index (χ1n) is 8.54. The Morgan fingerprint density at radius 1 is 1.24 bits per heavy atom. The van der Waals surface area contributed by atoms with E-state index in [0.29, 0.717) is 24.1 Å². The summed E-state index contributed by atoms with van der Waals surface area (Å²) in [6.07, 6.45) is 4.11. The van der Waals surface area contributed by atoms with E-state index in [-0.39, 0.29) is 12.5 Å². The third kappa shape index (κ3) is 3.74. The monoisotopic (exact) mass is 358 g/mol. The first-order valence-corrected chi connectivity index (χ1v) is 9.48. The highest BCUT2D eigenvalue weighted by molar-refractivity contribution is 7.08. The van der Waals surface area contributed by atoms with Crippen LogP contribution < -0.4 is 5.32 Å². The number of aliphatic carboxylic acids is 1. The highest BCUT2D eigenvalue weighted by Gasteiger charge is 2.39. The summed E-state index contributed by atoms with van der Waals surface area (Å²) in [5.74, 6) is -1.07. The molecule has 2 aromatic heterocycles. The van der Waals surface area contributed by atoms with Crippen LogP contribution in [0.3, 0.4) is 0 Å². The first-order chi connectivity index (χ1) is 12.0. The van der Waals surface area contributed by atoms with Crippen LogP contribution in [-0.2, 0) is 4.79 Å². The molecule has 2 aromatic rings. The summed E-state index contributed by atoms with van der Waals surface area (Å²) in [7, 11) is 0. The predicted octanol–water partition coefficient (Wildman–Crippen LogP) is 3.88. The first kappa shape index (κ1) is 17.6. The van der Waals surface area contributed by atoms with E-state index in [0.717, 1.165) is 30.5 Å². The summed E-state index contributed by atoms with van der Waals surface area (Å²) >= 11 is 1.60. The van der Waals surface area contributed by atoms with Gasteiger partial charge in [-0.05, 0) is 43.3 Å². The van der Waals surface area contributed by atoms with Gasteiger partial charge in [-0.15, -0.1) is 0 Å². The maximum absolute atomic E-state index is 12.5. The molecule has 25 heavy (non-hydrogen) atoms. The molecule has 1 fully saturated rings. The van der Waals surface area contributed by atoms with E-state index in [1.165, 1.54) is 0 Å². The maximum Gasteiger partial charge on any atom is 0.311 e. The molecular weight excluding hydrogens is 336 g/mol. The Morgan fingerprint density at radius 3 is 2.60 bits per heavy atom. The fraction of sp³-hybridized carbons (Fsp3) is 0.421. The van der Waals surface area contributed by atoms with Gasteiger partial charge in [0.1, 0.15) is 0 Å². The normalized spacial score (nSPS) is 16.4. The second-order valence-corrected chi connectivity index (χ2v) is 7.45. The molecule has 1 amide bonds. The largest absolute Gasteiger partial charge is 0.481 e. The van der Waals surface area contributed by atoms with Crippen LogP contribution in [0.4, 0.5) is 0 Å². The molecule has 2 N–H and O–H groups in total. The van der Waals surface area contributed by atoms with Crippen LogP contribution in [0.5, 0.6) is 0 Å². The number of rotatable bonds is 5. The van der Waals surface area contributed by atoms with Crippen LogP contribution in [0.15, 0.2) is 29.0 Å². The standard InChI is InChI=1S/C19H22N2O3S/c1-13-15(5-6-16(21-13)14-7-10-25-11-14)17(22)20-12-19(18(23)24)8-3-2-4-9-19/h5-7,10-11H,2-4,8-9,12H2,1H3,(H,20,22)(H,23,24). The lowest BCUT2D eigenvalue weighted by Gasteiger charge is -2.33. The zero-order chi connectivity index (χ0) is 17.9. The topological polar surface area (TPSA) is 79.3 Å². The molecule has 5 nitrogen and oxygen atoms in total. The molecule has 1 saturated carbocycles. The highest BCUT2D eigenvalue weighted by Crippen LogP contribution is 2.36. The van der Waals surface area contributed by atoms with Crippen molar-refractivity contribution in [1.82, 2.24) is 10.3 Å². The number of aromatic nitrogens is 1. The van der Waals surface area contributed by atoms with Crippen molar-refractivity contribution in [3.05, 3.63) is 40.2 Å². The molecule has 1 aliphatic rings. The predicted molar refractivity (Wildman–Crippen MR) is 97.8 cm³/mol. The zero-order valence-electron chi connectivity index (χ0n) is 14.2. The smallest absolute Gasteiger partial charge is 0.311 e. The third-order valence-electron chi connectivity index (χ3n) is 5.00. The second kappa shape index (κ2) is 7.35. The fourth-order valence-corrected chi connectivity index (χ4v) is 4.06. The van der Waals surface area contributed by atoms with E-state index in [4.69, 9.17) is 0 Å². The van der Waals surface area contributed by atoms with Gasteiger partial charge in [0.2, 0.25) is 0 Å². The van der Waals surface area contributed by atoms with Crippen molar-refractivity contribution >= 4 is 23.2 Å². The number of carbonyl (C=O) groups is 2. The van der Waals surface area contributed by atoms with Crippen molar-refractivity contribution < 1.29 is 14.7 Å². The van der Waals surface area contributed by atoms with Crippen molar-refractivity contribution in [3.8, 4) is 11.3 Å². The molecule has 0 radical (unpaired) electrons. The number of hydrogen-bond donors (Lipinski definition) is 2. The van der Waals surface area contributed by atoms with E-state index in [1.54, 1.807) is 24.3 Å². The van der Waals surface area contributed by atoms with E-state index in [2.05, 4.69) is 10.3 Å². The Balaban J connectivity index is 1.72. The number of hydrogen-bond acceptors (Lipinski definition) is 4. The summed E-state index contributed by atoms with van der Waals surface area (Å²) in [6.45, 7) is 1.98. The van der Waals surface area contributed by atoms with Crippen molar-refractivity contribution in [2.45, 2.75) is 39.0 Å². The molecule has 132 valence electrons. The molecular formula is C19H22N2O3S. The molecule has 0 spiro atoms. The van der Waals surface area contributed by atoms with Crippen LogP contribution in [0.2, 0.25) is 0 Å². The number of amides is 1. The Morgan fingerprint density at radius 2 is 2.00 bits per heavy atom.